The molecule has 1 saturated heterocycles. The summed E-state index contributed by atoms with van der Waals surface area (Å²) in [5, 5.41) is 6.25. The van der Waals surface area contributed by atoms with Crippen LogP contribution < -0.4 is 10.6 Å². The monoisotopic (exact) mass is 447 g/mol. The Bertz CT molecular complexity index is 784. The van der Waals surface area contributed by atoms with Gasteiger partial charge in [0, 0.05) is 25.6 Å². The van der Waals surface area contributed by atoms with Crippen LogP contribution in [0.2, 0.25) is 5.02 Å². The zero-order chi connectivity index (χ0) is 22.4. The maximum atomic E-state index is 13.0. The van der Waals surface area contributed by atoms with Crippen LogP contribution >= 0.6 is 11.6 Å². The molecule has 3 rings (SSSR count). The lowest BCUT2D eigenvalue weighted by molar-refractivity contribution is -0.137. The van der Waals surface area contributed by atoms with Gasteiger partial charge in [0.2, 0.25) is 11.8 Å². The van der Waals surface area contributed by atoms with Crippen molar-refractivity contribution in [3.63, 3.8) is 0 Å². The van der Waals surface area contributed by atoms with E-state index < -0.39 is 6.04 Å². The van der Waals surface area contributed by atoms with Gasteiger partial charge in [-0.3, -0.25) is 14.4 Å². The molecule has 1 aromatic rings. The third-order valence-electron chi connectivity index (χ3n) is 6.40. The Balaban J connectivity index is 1.66. The van der Waals surface area contributed by atoms with Crippen molar-refractivity contribution in [3.05, 3.63) is 34.9 Å². The van der Waals surface area contributed by atoms with Crippen LogP contribution in [0.25, 0.3) is 0 Å². The molecular weight excluding hydrogens is 414 g/mol. The molecule has 1 saturated carbocycles. The van der Waals surface area contributed by atoms with E-state index in [4.69, 9.17) is 11.6 Å². The molecule has 31 heavy (non-hydrogen) atoms. The molecule has 2 aliphatic rings. The molecule has 0 bridgehead atoms. The Morgan fingerprint density at radius 1 is 1.06 bits per heavy atom. The van der Waals surface area contributed by atoms with Gasteiger partial charge in [0.15, 0.2) is 0 Å². The summed E-state index contributed by atoms with van der Waals surface area (Å²) in [6, 6.07) is 6.19. The standard InChI is InChI=1S/C24H34ClN3O3/c1-16(2)15-26-23(30)21(27-22(29)19-9-5-6-10-20(19)25)17-11-13-28(14-12-17)24(31)18-7-3-4-8-18/h5-6,9-10,16-18,21H,3-4,7-8,11-15H2,1-2H3,(H,26,30)(H,27,29)/t21-/m0/s1. The predicted octanol–water partition coefficient (Wildman–Crippen LogP) is 3.64. The molecular formula is C24H34ClN3O3. The van der Waals surface area contributed by atoms with E-state index in [0.717, 1.165) is 25.7 Å². The van der Waals surface area contributed by atoms with E-state index in [-0.39, 0.29) is 29.6 Å². The number of nitrogens with zero attached hydrogens (tertiary/aromatic N) is 1. The zero-order valence-corrected chi connectivity index (χ0v) is 19.3. The van der Waals surface area contributed by atoms with E-state index in [9.17, 15) is 14.4 Å². The van der Waals surface area contributed by atoms with Gasteiger partial charge in [-0.05, 0) is 49.7 Å². The van der Waals surface area contributed by atoms with Crippen molar-refractivity contribution in [2.75, 3.05) is 19.6 Å². The molecule has 3 amide bonds. The van der Waals surface area contributed by atoms with Crippen LogP contribution in [0.1, 0.15) is 62.7 Å². The van der Waals surface area contributed by atoms with Gasteiger partial charge in [-0.25, -0.2) is 0 Å². The second-order valence-electron chi connectivity index (χ2n) is 9.21. The fourth-order valence-corrected chi connectivity index (χ4v) is 4.78. The van der Waals surface area contributed by atoms with E-state index in [0.29, 0.717) is 49.0 Å². The smallest absolute Gasteiger partial charge is 0.253 e. The van der Waals surface area contributed by atoms with Gasteiger partial charge in [0.25, 0.3) is 5.91 Å². The number of hydrogen-bond acceptors (Lipinski definition) is 3. The highest BCUT2D eigenvalue weighted by molar-refractivity contribution is 6.33. The minimum absolute atomic E-state index is 0.0220. The summed E-state index contributed by atoms with van der Waals surface area (Å²) in [4.78, 5) is 40.6. The normalized spacial score (nSPS) is 18.8. The van der Waals surface area contributed by atoms with Crippen molar-refractivity contribution in [3.8, 4) is 0 Å². The van der Waals surface area contributed by atoms with Gasteiger partial charge in [-0.1, -0.05) is 50.4 Å². The highest BCUT2D eigenvalue weighted by Gasteiger charge is 2.36. The Hall–Kier alpha value is -2.08. The summed E-state index contributed by atoms with van der Waals surface area (Å²) < 4.78 is 0. The molecule has 2 N–H and O–H groups in total. The van der Waals surface area contributed by atoms with Crippen LogP contribution in [-0.4, -0.2) is 48.3 Å². The van der Waals surface area contributed by atoms with Crippen molar-refractivity contribution >= 4 is 29.3 Å². The second kappa shape index (κ2) is 11.0. The highest BCUT2D eigenvalue weighted by atomic mass is 35.5. The number of hydrogen-bond donors (Lipinski definition) is 2. The molecule has 0 unspecified atom stereocenters. The van der Waals surface area contributed by atoms with Gasteiger partial charge in [-0.2, -0.15) is 0 Å². The molecule has 0 aromatic heterocycles. The van der Waals surface area contributed by atoms with E-state index in [2.05, 4.69) is 10.6 Å². The zero-order valence-electron chi connectivity index (χ0n) is 18.5. The maximum absolute atomic E-state index is 13.0. The number of nitrogens with one attached hydrogen (secondary N) is 2. The van der Waals surface area contributed by atoms with E-state index >= 15 is 0 Å². The Kier molecular flexibility index (Phi) is 8.35. The molecule has 6 nitrogen and oxygen atoms in total. The molecule has 2 fully saturated rings. The lowest BCUT2D eigenvalue weighted by atomic mass is 9.87. The number of carbonyl (C=O) groups is 3. The van der Waals surface area contributed by atoms with Crippen LogP contribution in [-0.2, 0) is 9.59 Å². The highest BCUT2D eigenvalue weighted by Crippen LogP contribution is 2.29. The summed E-state index contributed by atoms with van der Waals surface area (Å²) in [5.74, 6) is 0.203. The van der Waals surface area contributed by atoms with Crippen molar-refractivity contribution in [1.29, 1.82) is 0 Å². The first-order valence-electron chi connectivity index (χ1n) is 11.5. The van der Waals surface area contributed by atoms with E-state index in [1.165, 1.54) is 0 Å². The quantitative estimate of drug-likeness (QED) is 0.669. The fraction of sp³-hybridized carbons (Fsp3) is 0.625. The first-order valence-corrected chi connectivity index (χ1v) is 11.9. The number of amides is 3. The Morgan fingerprint density at radius 3 is 2.32 bits per heavy atom. The van der Waals surface area contributed by atoms with Gasteiger partial charge < -0.3 is 15.5 Å². The largest absolute Gasteiger partial charge is 0.354 e. The summed E-state index contributed by atoms with van der Waals surface area (Å²) in [6.45, 7) is 5.89. The topological polar surface area (TPSA) is 78.5 Å². The third-order valence-corrected chi connectivity index (χ3v) is 6.73. The Labute approximate surface area is 190 Å². The van der Waals surface area contributed by atoms with Crippen molar-refractivity contribution in [1.82, 2.24) is 15.5 Å². The first kappa shape index (κ1) is 23.6. The van der Waals surface area contributed by atoms with Crippen molar-refractivity contribution < 1.29 is 14.4 Å². The van der Waals surface area contributed by atoms with Crippen LogP contribution in [0.4, 0.5) is 0 Å². The number of piperidine rings is 1. The number of benzene rings is 1. The van der Waals surface area contributed by atoms with Crippen molar-refractivity contribution in [2.45, 2.75) is 58.4 Å². The molecule has 1 heterocycles. The second-order valence-corrected chi connectivity index (χ2v) is 9.62. The first-order chi connectivity index (χ1) is 14.9. The van der Waals surface area contributed by atoms with E-state index in [1.54, 1.807) is 24.3 Å². The van der Waals surface area contributed by atoms with Crippen LogP contribution in [0.15, 0.2) is 24.3 Å². The number of carbonyl (C=O) groups excluding carboxylic acids is 3. The molecule has 1 aromatic carbocycles. The van der Waals surface area contributed by atoms with Crippen molar-refractivity contribution in [2.24, 2.45) is 17.8 Å². The minimum atomic E-state index is -0.647. The number of halogens is 1. The molecule has 7 heteroatoms. The van der Waals surface area contributed by atoms with Gasteiger partial charge >= 0.3 is 0 Å². The van der Waals surface area contributed by atoms with E-state index in [1.807, 2.05) is 18.7 Å². The molecule has 1 aliphatic carbocycles. The van der Waals surface area contributed by atoms with Crippen LogP contribution in [0, 0.1) is 17.8 Å². The minimum Gasteiger partial charge on any atom is -0.354 e. The average Bonchev–Trinajstić information content (AvgIpc) is 3.30. The molecule has 1 atom stereocenters. The lowest BCUT2D eigenvalue weighted by Gasteiger charge is -2.37. The lowest BCUT2D eigenvalue weighted by Crippen LogP contribution is -2.54. The SMILES string of the molecule is CC(C)CNC(=O)[C@@H](NC(=O)c1ccccc1Cl)C1CCN(C(=O)C2CCCC2)CC1. The number of likely N-dealkylation sites (tertiary alicyclic amines) is 1. The summed E-state index contributed by atoms with van der Waals surface area (Å²) in [5.41, 5.74) is 0.361. The molecule has 1 aliphatic heterocycles. The van der Waals surface area contributed by atoms with Gasteiger partial charge in [0.1, 0.15) is 6.04 Å². The molecule has 0 spiro atoms. The fourth-order valence-electron chi connectivity index (χ4n) is 4.56. The van der Waals surface area contributed by atoms with Crippen LogP contribution in [0.3, 0.4) is 0 Å². The van der Waals surface area contributed by atoms with Crippen LogP contribution in [0.5, 0.6) is 0 Å². The summed E-state index contributed by atoms with van der Waals surface area (Å²) in [6.07, 6.45) is 5.65. The maximum Gasteiger partial charge on any atom is 0.253 e. The molecule has 170 valence electrons. The predicted molar refractivity (Wildman–Crippen MR) is 122 cm³/mol. The van der Waals surface area contributed by atoms with Gasteiger partial charge in [0.05, 0.1) is 10.6 Å². The third kappa shape index (κ3) is 6.22. The van der Waals surface area contributed by atoms with Gasteiger partial charge in [-0.15, -0.1) is 0 Å². The summed E-state index contributed by atoms with van der Waals surface area (Å²) in [7, 11) is 0. The molecule has 0 radical (unpaired) electrons. The average molecular weight is 448 g/mol. The Morgan fingerprint density at radius 2 is 1.71 bits per heavy atom. The summed E-state index contributed by atoms with van der Waals surface area (Å²) >= 11 is 6.18. The number of rotatable bonds is 7.